The van der Waals surface area contributed by atoms with Gasteiger partial charge in [-0.2, -0.15) is 0 Å². The van der Waals surface area contributed by atoms with Gasteiger partial charge in [-0.05, 0) is 57.6 Å². The molecule has 0 aromatic heterocycles. The van der Waals surface area contributed by atoms with Gasteiger partial charge >= 0.3 is 0 Å². The number of ether oxygens (including phenoxy) is 2. The van der Waals surface area contributed by atoms with Crippen molar-refractivity contribution in [3.05, 3.63) is 35.4 Å². The second-order valence-corrected chi connectivity index (χ2v) is 7.23. The molecular formula is C22H37N3O2. The Bertz CT molecular complexity index is 568. The number of nitrogens with zero attached hydrogens (tertiary/aromatic N) is 1. The Morgan fingerprint density at radius 2 is 1.93 bits per heavy atom. The molecule has 0 bridgehead atoms. The molecule has 1 fully saturated rings. The van der Waals surface area contributed by atoms with Crippen LogP contribution in [-0.4, -0.2) is 52.0 Å². The fraction of sp³-hybridized carbons (Fsp3) is 0.682. The van der Waals surface area contributed by atoms with Crippen LogP contribution in [0.25, 0.3) is 0 Å². The maximum atomic E-state index is 5.66. The molecule has 0 spiro atoms. The molecule has 1 aliphatic heterocycles. The third kappa shape index (κ3) is 6.82. The summed E-state index contributed by atoms with van der Waals surface area (Å²) in [5, 5.41) is 6.86. The summed E-state index contributed by atoms with van der Waals surface area (Å²) < 4.78 is 11.1. The maximum absolute atomic E-state index is 5.66. The van der Waals surface area contributed by atoms with Crippen molar-refractivity contribution in [2.45, 2.75) is 51.9 Å². The summed E-state index contributed by atoms with van der Waals surface area (Å²) >= 11 is 0. The zero-order valence-electron chi connectivity index (χ0n) is 17.4. The molecule has 2 N–H and O–H groups in total. The third-order valence-corrected chi connectivity index (χ3v) is 5.26. The summed E-state index contributed by atoms with van der Waals surface area (Å²) in [6.45, 7) is 12.2. The highest BCUT2D eigenvalue weighted by Crippen LogP contribution is 2.36. The molecular weight excluding hydrogens is 338 g/mol. The molecule has 0 unspecified atom stereocenters. The maximum Gasteiger partial charge on any atom is 0.191 e. The lowest BCUT2D eigenvalue weighted by atomic mass is 9.72. The van der Waals surface area contributed by atoms with Crippen LogP contribution in [0.3, 0.4) is 0 Å². The van der Waals surface area contributed by atoms with Crippen molar-refractivity contribution in [3.8, 4) is 0 Å². The predicted molar refractivity (Wildman–Crippen MR) is 113 cm³/mol. The van der Waals surface area contributed by atoms with E-state index >= 15 is 0 Å². The van der Waals surface area contributed by atoms with Crippen LogP contribution in [0.15, 0.2) is 29.3 Å². The standard InChI is InChI=1S/C22H37N3O2/c1-4-23-21(24-14-8-9-15-26-5-2)25-18-22(12-16-27-17-13-22)20-11-7-6-10-19(20)3/h6-7,10-11H,4-5,8-9,12-18H2,1-3H3,(H2,23,24,25). The molecule has 1 aromatic carbocycles. The zero-order chi connectivity index (χ0) is 19.4. The minimum Gasteiger partial charge on any atom is -0.382 e. The Kier molecular flexibility index (Phi) is 9.64. The fourth-order valence-electron chi connectivity index (χ4n) is 3.70. The van der Waals surface area contributed by atoms with E-state index in [9.17, 15) is 0 Å². The molecule has 1 aliphatic rings. The van der Waals surface area contributed by atoms with E-state index in [1.165, 1.54) is 11.1 Å². The number of benzene rings is 1. The number of rotatable bonds is 10. The third-order valence-electron chi connectivity index (χ3n) is 5.26. The molecule has 0 saturated carbocycles. The summed E-state index contributed by atoms with van der Waals surface area (Å²) in [5.41, 5.74) is 2.84. The first-order valence-corrected chi connectivity index (χ1v) is 10.5. The van der Waals surface area contributed by atoms with Crippen LogP contribution >= 0.6 is 0 Å². The smallest absolute Gasteiger partial charge is 0.191 e. The molecule has 0 amide bonds. The highest BCUT2D eigenvalue weighted by atomic mass is 16.5. The van der Waals surface area contributed by atoms with E-state index in [1.54, 1.807) is 0 Å². The Balaban J connectivity index is 2.02. The number of aryl methyl sites for hydroxylation is 1. The van der Waals surface area contributed by atoms with Crippen LogP contribution in [-0.2, 0) is 14.9 Å². The lowest BCUT2D eigenvalue weighted by molar-refractivity contribution is 0.0529. The normalized spacial score (nSPS) is 16.9. The van der Waals surface area contributed by atoms with E-state index < -0.39 is 0 Å². The number of hydrogen-bond donors (Lipinski definition) is 2. The molecule has 0 radical (unpaired) electrons. The SMILES string of the molecule is CCNC(=NCC1(c2ccccc2C)CCOCC1)NCCCCOCC. The van der Waals surface area contributed by atoms with E-state index in [1.807, 2.05) is 6.92 Å². The van der Waals surface area contributed by atoms with Gasteiger partial charge in [-0.25, -0.2) is 0 Å². The number of guanidine groups is 1. The average Bonchev–Trinajstić information content (AvgIpc) is 2.69. The van der Waals surface area contributed by atoms with E-state index in [-0.39, 0.29) is 5.41 Å². The quantitative estimate of drug-likeness (QED) is 0.374. The van der Waals surface area contributed by atoms with Crippen molar-refractivity contribution in [2.75, 3.05) is 46.1 Å². The van der Waals surface area contributed by atoms with Crippen molar-refractivity contribution >= 4 is 5.96 Å². The zero-order valence-corrected chi connectivity index (χ0v) is 17.4. The monoisotopic (exact) mass is 375 g/mol. The molecule has 5 nitrogen and oxygen atoms in total. The van der Waals surface area contributed by atoms with Gasteiger partial charge in [0.25, 0.3) is 0 Å². The Hall–Kier alpha value is -1.59. The summed E-state index contributed by atoms with van der Waals surface area (Å²) in [6.07, 6.45) is 4.20. The molecule has 152 valence electrons. The summed E-state index contributed by atoms with van der Waals surface area (Å²) in [5.74, 6) is 0.911. The number of nitrogens with one attached hydrogen (secondary N) is 2. The van der Waals surface area contributed by atoms with Crippen LogP contribution in [0.1, 0.15) is 50.7 Å². The van der Waals surface area contributed by atoms with Gasteiger partial charge in [-0.15, -0.1) is 0 Å². The molecule has 1 aromatic rings. The van der Waals surface area contributed by atoms with Crippen LogP contribution in [0.2, 0.25) is 0 Å². The lowest BCUT2D eigenvalue weighted by Gasteiger charge is -2.37. The molecule has 27 heavy (non-hydrogen) atoms. The fourth-order valence-corrected chi connectivity index (χ4v) is 3.70. The van der Waals surface area contributed by atoms with Crippen molar-refractivity contribution in [1.82, 2.24) is 10.6 Å². The highest BCUT2D eigenvalue weighted by molar-refractivity contribution is 5.79. The first-order chi connectivity index (χ1) is 13.2. The molecule has 0 aliphatic carbocycles. The van der Waals surface area contributed by atoms with Gasteiger partial charge in [0.15, 0.2) is 5.96 Å². The number of hydrogen-bond acceptors (Lipinski definition) is 3. The number of aliphatic imine (C=N–C) groups is 1. The molecule has 1 saturated heterocycles. The highest BCUT2D eigenvalue weighted by Gasteiger charge is 2.35. The van der Waals surface area contributed by atoms with Crippen LogP contribution in [0.5, 0.6) is 0 Å². The minimum atomic E-state index is 0.0703. The Morgan fingerprint density at radius 3 is 2.63 bits per heavy atom. The minimum absolute atomic E-state index is 0.0703. The van der Waals surface area contributed by atoms with Crippen LogP contribution in [0.4, 0.5) is 0 Å². The summed E-state index contributed by atoms with van der Waals surface area (Å²) in [6, 6.07) is 8.73. The van der Waals surface area contributed by atoms with E-state index in [4.69, 9.17) is 14.5 Å². The first kappa shape index (κ1) is 21.7. The lowest BCUT2D eigenvalue weighted by Crippen LogP contribution is -2.41. The van der Waals surface area contributed by atoms with Gasteiger partial charge in [-0.3, -0.25) is 4.99 Å². The van der Waals surface area contributed by atoms with Crippen molar-refractivity contribution in [2.24, 2.45) is 4.99 Å². The molecule has 2 rings (SSSR count). The average molecular weight is 376 g/mol. The largest absolute Gasteiger partial charge is 0.382 e. The van der Waals surface area contributed by atoms with Crippen molar-refractivity contribution in [1.29, 1.82) is 0 Å². The van der Waals surface area contributed by atoms with Gasteiger partial charge in [0.2, 0.25) is 0 Å². The van der Waals surface area contributed by atoms with Crippen LogP contribution in [0, 0.1) is 6.92 Å². The van der Waals surface area contributed by atoms with Crippen molar-refractivity contribution < 1.29 is 9.47 Å². The molecule has 1 heterocycles. The van der Waals surface area contributed by atoms with Crippen LogP contribution < -0.4 is 10.6 Å². The van der Waals surface area contributed by atoms with E-state index in [0.717, 1.165) is 77.7 Å². The first-order valence-electron chi connectivity index (χ1n) is 10.5. The van der Waals surface area contributed by atoms with Gasteiger partial charge in [0.05, 0.1) is 6.54 Å². The second-order valence-electron chi connectivity index (χ2n) is 7.23. The van der Waals surface area contributed by atoms with Gasteiger partial charge < -0.3 is 20.1 Å². The molecule has 0 atom stereocenters. The Labute approximate surface area is 164 Å². The second kappa shape index (κ2) is 12.0. The van der Waals surface area contributed by atoms with Gasteiger partial charge in [0, 0.05) is 44.9 Å². The van der Waals surface area contributed by atoms with E-state index in [0.29, 0.717) is 0 Å². The number of unbranched alkanes of at least 4 members (excludes halogenated alkanes) is 1. The van der Waals surface area contributed by atoms with Gasteiger partial charge in [-0.1, -0.05) is 24.3 Å². The predicted octanol–water partition coefficient (Wildman–Crippen LogP) is 3.42. The Morgan fingerprint density at radius 1 is 1.15 bits per heavy atom. The summed E-state index contributed by atoms with van der Waals surface area (Å²) in [4.78, 5) is 4.97. The molecule has 5 heteroatoms. The van der Waals surface area contributed by atoms with E-state index in [2.05, 4.69) is 48.7 Å². The topological polar surface area (TPSA) is 54.9 Å². The van der Waals surface area contributed by atoms with Gasteiger partial charge in [0.1, 0.15) is 0 Å². The summed E-state index contributed by atoms with van der Waals surface area (Å²) in [7, 11) is 0. The van der Waals surface area contributed by atoms with Crippen molar-refractivity contribution in [3.63, 3.8) is 0 Å².